The Morgan fingerprint density at radius 2 is 2.03 bits per heavy atom. The lowest BCUT2D eigenvalue weighted by atomic mass is 9.79. The van der Waals surface area contributed by atoms with Crippen molar-refractivity contribution in [2.45, 2.75) is 58.8 Å². The van der Waals surface area contributed by atoms with E-state index in [1.807, 2.05) is 33.0 Å². The van der Waals surface area contributed by atoms with Crippen LogP contribution in [-0.2, 0) is 9.59 Å². The Labute approximate surface area is 182 Å². The molecular formula is C23H31N5O3. The molecule has 8 nitrogen and oxygen atoms in total. The fourth-order valence-electron chi connectivity index (χ4n) is 4.76. The van der Waals surface area contributed by atoms with Crippen LogP contribution in [0.4, 0.5) is 0 Å². The molecule has 0 radical (unpaired) electrons. The van der Waals surface area contributed by atoms with Crippen molar-refractivity contribution in [1.29, 1.82) is 0 Å². The van der Waals surface area contributed by atoms with E-state index in [0.717, 1.165) is 48.5 Å². The zero-order valence-corrected chi connectivity index (χ0v) is 18.6. The molecule has 8 heteroatoms. The van der Waals surface area contributed by atoms with Crippen molar-refractivity contribution in [2.24, 2.45) is 11.8 Å². The summed E-state index contributed by atoms with van der Waals surface area (Å²) in [5, 5.41) is 7.10. The van der Waals surface area contributed by atoms with Crippen LogP contribution in [0.3, 0.4) is 0 Å². The summed E-state index contributed by atoms with van der Waals surface area (Å²) in [6.45, 7) is 7.66. The molecule has 1 N–H and O–H groups in total. The largest absolute Gasteiger partial charge is 0.356 e. The Morgan fingerprint density at radius 3 is 2.68 bits per heavy atom. The normalized spacial score (nSPS) is 23.9. The van der Waals surface area contributed by atoms with Crippen molar-refractivity contribution >= 4 is 11.8 Å². The third-order valence-corrected chi connectivity index (χ3v) is 6.60. The van der Waals surface area contributed by atoms with Crippen molar-refractivity contribution in [3.63, 3.8) is 0 Å². The molecule has 0 bridgehead atoms. The van der Waals surface area contributed by atoms with Crippen molar-refractivity contribution < 1.29 is 14.1 Å². The lowest BCUT2D eigenvalue weighted by Gasteiger charge is -2.29. The first-order valence-electron chi connectivity index (χ1n) is 11.3. The van der Waals surface area contributed by atoms with Crippen LogP contribution in [0.2, 0.25) is 0 Å². The number of aryl methyl sites for hydroxylation is 2. The summed E-state index contributed by atoms with van der Waals surface area (Å²) in [5.41, 5.74) is 2.80. The third kappa shape index (κ3) is 4.78. The van der Waals surface area contributed by atoms with E-state index in [-0.39, 0.29) is 17.7 Å². The van der Waals surface area contributed by atoms with Crippen LogP contribution in [-0.4, -0.2) is 51.5 Å². The van der Waals surface area contributed by atoms with E-state index in [9.17, 15) is 9.59 Å². The van der Waals surface area contributed by atoms with Crippen LogP contribution in [0.5, 0.6) is 0 Å². The highest BCUT2D eigenvalue weighted by Crippen LogP contribution is 2.39. The van der Waals surface area contributed by atoms with Gasteiger partial charge in [-0.25, -0.2) is 9.97 Å². The summed E-state index contributed by atoms with van der Waals surface area (Å²) in [7, 11) is 0. The van der Waals surface area contributed by atoms with Gasteiger partial charge in [0.15, 0.2) is 5.76 Å². The molecule has 2 aromatic heterocycles. The van der Waals surface area contributed by atoms with E-state index in [1.165, 1.54) is 0 Å². The quantitative estimate of drug-likeness (QED) is 0.763. The Bertz CT molecular complexity index is 948. The number of hydrogen-bond acceptors (Lipinski definition) is 6. The van der Waals surface area contributed by atoms with Gasteiger partial charge in [-0.1, -0.05) is 5.16 Å². The molecule has 2 fully saturated rings. The van der Waals surface area contributed by atoms with Gasteiger partial charge in [-0.2, -0.15) is 0 Å². The van der Waals surface area contributed by atoms with E-state index in [2.05, 4.69) is 15.5 Å². The molecule has 4 rings (SSSR count). The lowest BCUT2D eigenvalue weighted by Crippen LogP contribution is -2.36. The first-order valence-corrected chi connectivity index (χ1v) is 11.3. The van der Waals surface area contributed by atoms with E-state index in [1.54, 1.807) is 4.90 Å². The number of nitrogens with zero attached hydrogens (tertiary/aromatic N) is 4. The molecule has 1 saturated heterocycles. The Kier molecular flexibility index (Phi) is 6.34. The van der Waals surface area contributed by atoms with Gasteiger partial charge in [0.25, 0.3) is 0 Å². The highest BCUT2D eigenvalue weighted by Gasteiger charge is 2.34. The fourth-order valence-corrected chi connectivity index (χ4v) is 4.76. The van der Waals surface area contributed by atoms with Gasteiger partial charge >= 0.3 is 0 Å². The maximum atomic E-state index is 12.5. The molecule has 0 spiro atoms. The van der Waals surface area contributed by atoms with Gasteiger partial charge in [-0.05, 0) is 52.4 Å². The van der Waals surface area contributed by atoms with E-state index >= 15 is 0 Å². The van der Waals surface area contributed by atoms with Crippen molar-refractivity contribution in [1.82, 2.24) is 25.3 Å². The number of amides is 2. The van der Waals surface area contributed by atoms with Gasteiger partial charge < -0.3 is 14.7 Å². The molecule has 1 atom stereocenters. The number of likely N-dealkylation sites (tertiary alicyclic amines) is 1. The molecule has 0 aromatic carbocycles. The average Bonchev–Trinajstić information content (AvgIpc) is 3.37. The maximum absolute atomic E-state index is 12.5. The van der Waals surface area contributed by atoms with Gasteiger partial charge in [0.1, 0.15) is 5.82 Å². The van der Waals surface area contributed by atoms with Crippen molar-refractivity contribution in [3.05, 3.63) is 29.5 Å². The van der Waals surface area contributed by atoms with Crippen LogP contribution in [0.15, 0.2) is 16.8 Å². The predicted octanol–water partition coefficient (Wildman–Crippen LogP) is 3.01. The van der Waals surface area contributed by atoms with Gasteiger partial charge in [-0.3, -0.25) is 9.59 Å². The Hall–Kier alpha value is -2.77. The van der Waals surface area contributed by atoms with Crippen molar-refractivity contribution in [2.75, 3.05) is 19.6 Å². The number of carbonyl (C=O) groups is 2. The summed E-state index contributed by atoms with van der Waals surface area (Å²) in [4.78, 5) is 35.2. The molecule has 166 valence electrons. The molecule has 31 heavy (non-hydrogen) atoms. The third-order valence-electron chi connectivity index (χ3n) is 6.60. The molecule has 1 unspecified atom stereocenters. The first kappa shape index (κ1) is 21.5. The Balaban J connectivity index is 1.33. The zero-order valence-electron chi connectivity index (χ0n) is 18.6. The van der Waals surface area contributed by atoms with Gasteiger partial charge in [0.2, 0.25) is 11.8 Å². The number of aromatic nitrogens is 3. The zero-order chi connectivity index (χ0) is 22.0. The van der Waals surface area contributed by atoms with Gasteiger partial charge in [-0.15, -0.1) is 0 Å². The number of nitrogens with one attached hydrogen (secondary N) is 1. The Morgan fingerprint density at radius 1 is 1.26 bits per heavy atom. The monoisotopic (exact) mass is 425 g/mol. The van der Waals surface area contributed by atoms with Crippen LogP contribution in [0.25, 0.3) is 11.3 Å². The summed E-state index contributed by atoms with van der Waals surface area (Å²) < 4.78 is 5.47. The average molecular weight is 426 g/mol. The number of carbonyl (C=O) groups excluding carboxylic acids is 2. The predicted molar refractivity (Wildman–Crippen MR) is 115 cm³/mol. The molecule has 1 aliphatic carbocycles. The SMILES string of the molecule is CCN1CC(C(=O)NCC2CCC(c3nc(C)ncc3-c3cc(C)no3)CC2)CC1=O. The van der Waals surface area contributed by atoms with E-state index in [0.29, 0.717) is 43.7 Å². The second kappa shape index (κ2) is 9.16. The molecular weight excluding hydrogens is 394 g/mol. The minimum Gasteiger partial charge on any atom is -0.356 e. The number of rotatable bonds is 6. The lowest BCUT2D eigenvalue weighted by molar-refractivity contribution is -0.128. The molecule has 1 saturated carbocycles. The fraction of sp³-hybridized carbons (Fsp3) is 0.609. The smallest absolute Gasteiger partial charge is 0.225 e. The van der Waals surface area contributed by atoms with Crippen LogP contribution in [0, 0.1) is 25.7 Å². The molecule has 2 aliphatic rings. The molecule has 1 aliphatic heterocycles. The summed E-state index contributed by atoms with van der Waals surface area (Å²) in [6, 6.07) is 1.92. The maximum Gasteiger partial charge on any atom is 0.225 e. The standard InChI is InChI=1S/C23H31N5O3/c1-4-28-13-18(10-21(28)29)23(30)25-11-16-5-7-17(8-6-16)22-19(12-24-15(3)26-22)20-9-14(2)27-31-20/h9,12,16-18H,4-8,10-11,13H2,1-3H3,(H,25,30). The molecule has 3 heterocycles. The van der Waals surface area contributed by atoms with Crippen molar-refractivity contribution in [3.8, 4) is 11.3 Å². The van der Waals surface area contributed by atoms with E-state index in [4.69, 9.17) is 9.51 Å². The highest BCUT2D eigenvalue weighted by molar-refractivity contribution is 5.89. The molecule has 2 amide bonds. The topological polar surface area (TPSA) is 101 Å². The van der Waals surface area contributed by atoms with Crippen LogP contribution >= 0.6 is 0 Å². The van der Waals surface area contributed by atoms with Crippen LogP contribution in [0.1, 0.15) is 62.2 Å². The van der Waals surface area contributed by atoms with Gasteiger partial charge in [0, 0.05) is 44.2 Å². The summed E-state index contributed by atoms with van der Waals surface area (Å²) in [5.74, 6) is 2.17. The summed E-state index contributed by atoms with van der Waals surface area (Å²) in [6.07, 6.45) is 6.28. The molecule has 2 aromatic rings. The summed E-state index contributed by atoms with van der Waals surface area (Å²) >= 11 is 0. The number of hydrogen-bond donors (Lipinski definition) is 1. The minimum atomic E-state index is -0.208. The second-order valence-electron chi connectivity index (χ2n) is 8.84. The van der Waals surface area contributed by atoms with Crippen LogP contribution < -0.4 is 5.32 Å². The second-order valence-corrected chi connectivity index (χ2v) is 8.84. The highest BCUT2D eigenvalue weighted by atomic mass is 16.5. The van der Waals surface area contributed by atoms with E-state index < -0.39 is 0 Å². The minimum absolute atomic E-state index is 0.0147. The first-order chi connectivity index (χ1) is 14.9. The van der Waals surface area contributed by atoms with Gasteiger partial charge in [0.05, 0.1) is 22.9 Å².